The van der Waals surface area contributed by atoms with E-state index in [0.29, 0.717) is 16.0 Å². The van der Waals surface area contributed by atoms with Crippen molar-refractivity contribution in [1.82, 2.24) is 15.5 Å². The van der Waals surface area contributed by atoms with Gasteiger partial charge in [-0.15, -0.1) is 10.2 Å². The average Bonchev–Trinajstić information content (AvgIpc) is 3.14. The van der Waals surface area contributed by atoms with E-state index in [1.807, 2.05) is 0 Å². The topological polar surface area (TPSA) is 76.1 Å². The molecule has 2 heterocycles. The number of aromatic nitrogens is 2. The van der Waals surface area contributed by atoms with Crippen LogP contribution in [0.1, 0.15) is 36.5 Å². The summed E-state index contributed by atoms with van der Waals surface area (Å²) in [5.74, 6) is -0.389. The molecule has 1 amide bonds. The third kappa shape index (κ3) is 5.18. The zero-order chi connectivity index (χ0) is 18.6. The molecule has 4 rings (SSSR count). The third-order valence-electron chi connectivity index (χ3n) is 4.46. The summed E-state index contributed by atoms with van der Waals surface area (Å²) in [7, 11) is 0. The molecule has 1 aromatic heterocycles. The Morgan fingerprint density at radius 2 is 2.11 bits per heavy atom. The summed E-state index contributed by atoms with van der Waals surface area (Å²) in [4.78, 5) is 12.7. The van der Waals surface area contributed by atoms with Crippen LogP contribution in [0.5, 0.6) is 0 Å². The number of ether oxygens (including phenoxy) is 1. The number of amides is 1. The molecule has 2 fully saturated rings. The highest BCUT2D eigenvalue weighted by molar-refractivity contribution is 8.01. The molecule has 1 saturated carbocycles. The minimum absolute atomic E-state index is 0.0711. The number of anilines is 1. The summed E-state index contributed by atoms with van der Waals surface area (Å²) in [6.07, 6.45) is 4.41. The molecule has 1 aromatic carbocycles. The van der Waals surface area contributed by atoms with Gasteiger partial charge in [-0.25, -0.2) is 4.39 Å². The van der Waals surface area contributed by atoms with E-state index in [1.165, 1.54) is 35.2 Å². The Bertz CT molecular complexity index is 776. The summed E-state index contributed by atoms with van der Waals surface area (Å²) in [6, 6.07) is 6.32. The fraction of sp³-hybridized carbons (Fsp3) is 0.500. The summed E-state index contributed by atoms with van der Waals surface area (Å²) >= 11 is 2.76. The molecule has 1 saturated heterocycles. The van der Waals surface area contributed by atoms with E-state index in [-0.39, 0.29) is 23.9 Å². The van der Waals surface area contributed by atoms with Gasteiger partial charge in [-0.05, 0) is 43.4 Å². The Morgan fingerprint density at radius 1 is 1.30 bits per heavy atom. The van der Waals surface area contributed by atoms with Crippen molar-refractivity contribution in [2.24, 2.45) is 0 Å². The molecule has 0 bridgehead atoms. The lowest BCUT2D eigenvalue weighted by Crippen LogP contribution is -2.29. The van der Waals surface area contributed by atoms with Crippen LogP contribution in [0.15, 0.2) is 28.6 Å². The highest BCUT2D eigenvalue weighted by atomic mass is 32.2. The first-order chi connectivity index (χ1) is 13.2. The van der Waals surface area contributed by atoms with Gasteiger partial charge in [0.2, 0.25) is 11.0 Å². The average molecular weight is 409 g/mol. The van der Waals surface area contributed by atoms with E-state index in [9.17, 15) is 9.18 Å². The lowest BCUT2D eigenvalue weighted by atomic mass is 10.1. The van der Waals surface area contributed by atoms with E-state index in [0.717, 1.165) is 37.9 Å². The minimum atomic E-state index is -0.481. The van der Waals surface area contributed by atoms with Crippen molar-refractivity contribution in [2.75, 3.05) is 18.5 Å². The second-order valence-corrected chi connectivity index (χ2v) is 9.05. The Labute approximate surface area is 165 Å². The Hall–Kier alpha value is -1.71. The maximum Gasteiger partial charge on any atom is 0.238 e. The van der Waals surface area contributed by atoms with Gasteiger partial charge >= 0.3 is 0 Å². The van der Waals surface area contributed by atoms with Gasteiger partial charge < -0.3 is 15.4 Å². The van der Waals surface area contributed by atoms with Gasteiger partial charge in [0.15, 0.2) is 4.34 Å². The molecule has 0 radical (unpaired) electrons. The standard InChI is InChI=1S/C18H21FN4O2S2/c19-12-5-3-11(4-6-12)15(16(24)21-13-7-8-13)26-18-23-22-17(27-18)20-10-14-2-1-9-25-14/h3-6,13-15H,1-2,7-10H2,(H,20,22)(H,21,24). The number of carbonyl (C=O) groups is 1. The van der Waals surface area contributed by atoms with Gasteiger partial charge in [0.25, 0.3) is 0 Å². The van der Waals surface area contributed by atoms with Crippen LogP contribution in [-0.4, -0.2) is 41.4 Å². The maximum atomic E-state index is 13.3. The SMILES string of the molecule is O=C(NC1CC1)C(Sc1nnc(NCC2CCCO2)s1)c1ccc(F)cc1. The van der Waals surface area contributed by atoms with Gasteiger partial charge in [-0.2, -0.15) is 0 Å². The monoisotopic (exact) mass is 408 g/mol. The molecule has 2 atom stereocenters. The Morgan fingerprint density at radius 3 is 2.81 bits per heavy atom. The predicted molar refractivity (Wildman–Crippen MR) is 104 cm³/mol. The van der Waals surface area contributed by atoms with Crippen molar-refractivity contribution >= 4 is 34.1 Å². The normalized spacial score (nSPS) is 20.4. The molecule has 1 aliphatic carbocycles. The first-order valence-electron chi connectivity index (χ1n) is 9.09. The van der Waals surface area contributed by atoms with E-state index < -0.39 is 5.25 Å². The highest BCUT2D eigenvalue weighted by Crippen LogP contribution is 2.38. The number of carbonyl (C=O) groups excluding carboxylic acids is 1. The van der Waals surface area contributed by atoms with Crippen molar-refractivity contribution in [2.45, 2.75) is 47.4 Å². The molecule has 9 heteroatoms. The van der Waals surface area contributed by atoms with Gasteiger partial charge in [-0.1, -0.05) is 35.2 Å². The van der Waals surface area contributed by atoms with Crippen LogP contribution in [-0.2, 0) is 9.53 Å². The number of nitrogens with one attached hydrogen (secondary N) is 2. The number of benzene rings is 1. The highest BCUT2D eigenvalue weighted by Gasteiger charge is 2.30. The number of hydrogen-bond acceptors (Lipinski definition) is 7. The first kappa shape index (κ1) is 18.6. The first-order valence-corrected chi connectivity index (χ1v) is 10.8. The molecule has 144 valence electrons. The summed E-state index contributed by atoms with van der Waals surface area (Å²) in [5, 5.41) is 14.9. The lowest BCUT2D eigenvalue weighted by Gasteiger charge is -2.15. The van der Waals surface area contributed by atoms with Crippen molar-refractivity contribution in [3.05, 3.63) is 35.6 Å². The van der Waals surface area contributed by atoms with Crippen LogP contribution in [0.4, 0.5) is 9.52 Å². The Balaban J connectivity index is 1.42. The second kappa shape index (κ2) is 8.53. The van der Waals surface area contributed by atoms with Crippen molar-refractivity contribution in [3.8, 4) is 0 Å². The zero-order valence-corrected chi connectivity index (χ0v) is 16.3. The number of rotatable bonds is 8. The van der Waals surface area contributed by atoms with Crippen LogP contribution in [0, 0.1) is 5.82 Å². The summed E-state index contributed by atoms with van der Waals surface area (Å²) < 4.78 is 19.6. The van der Waals surface area contributed by atoms with Gasteiger partial charge in [0.05, 0.1) is 6.10 Å². The number of hydrogen-bond donors (Lipinski definition) is 2. The third-order valence-corrected chi connectivity index (χ3v) is 6.68. The lowest BCUT2D eigenvalue weighted by molar-refractivity contribution is -0.120. The minimum Gasteiger partial charge on any atom is -0.376 e. The van der Waals surface area contributed by atoms with Crippen LogP contribution >= 0.6 is 23.1 Å². The van der Waals surface area contributed by atoms with Crippen LogP contribution in [0.3, 0.4) is 0 Å². The summed E-state index contributed by atoms with van der Waals surface area (Å²) in [6.45, 7) is 1.53. The van der Waals surface area contributed by atoms with Crippen LogP contribution in [0.25, 0.3) is 0 Å². The van der Waals surface area contributed by atoms with Gasteiger partial charge in [0.1, 0.15) is 11.1 Å². The fourth-order valence-corrected chi connectivity index (χ4v) is 4.81. The van der Waals surface area contributed by atoms with Crippen LogP contribution < -0.4 is 10.6 Å². The largest absolute Gasteiger partial charge is 0.376 e. The molecular weight excluding hydrogens is 387 g/mol. The zero-order valence-electron chi connectivity index (χ0n) is 14.7. The molecule has 2 unspecified atom stereocenters. The smallest absolute Gasteiger partial charge is 0.238 e. The van der Waals surface area contributed by atoms with Gasteiger partial charge in [0, 0.05) is 19.2 Å². The number of nitrogens with zero attached hydrogens (tertiary/aromatic N) is 2. The van der Waals surface area contributed by atoms with E-state index in [2.05, 4.69) is 20.8 Å². The molecule has 6 nitrogen and oxygen atoms in total. The maximum absolute atomic E-state index is 13.3. The Kier molecular flexibility index (Phi) is 5.89. The van der Waals surface area contributed by atoms with Crippen molar-refractivity contribution in [3.63, 3.8) is 0 Å². The van der Waals surface area contributed by atoms with Crippen molar-refractivity contribution < 1.29 is 13.9 Å². The summed E-state index contributed by atoms with van der Waals surface area (Å²) in [5.41, 5.74) is 0.753. The second-order valence-electron chi connectivity index (χ2n) is 6.72. The van der Waals surface area contributed by atoms with E-state index in [1.54, 1.807) is 12.1 Å². The molecular formula is C18H21FN4O2S2. The molecule has 27 heavy (non-hydrogen) atoms. The van der Waals surface area contributed by atoms with Crippen molar-refractivity contribution in [1.29, 1.82) is 0 Å². The van der Waals surface area contributed by atoms with E-state index >= 15 is 0 Å². The molecule has 1 aliphatic heterocycles. The van der Waals surface area contributed by atoms with Crippen LogP contribution in [0.2, 0.25) is 0 Å². The van der Waals surface area contributed by atoms with E-state index in [4.69, 9.17) is 4.74 Å². The molecule has 0 spiro atoms. The number of halogens is 1. The fourth-order valence-electron chi connectivity index (χ4n) is 2.85. The van der Waals surface area contributed by atoms with Gasteiger partial charge in [-0.3, -0.25) is 4.79 Å². The molecule has 2 N–H and O–H groups in total. The molecule has 2 aromatic rings. The molecule has 2 aliphatic rings. The quantitative estimate of drug-likeness (QED) is 0.652. The predicted octanol–water partition coefficient (Wildman–Crippen LogP) is 3.38. The number of thioether (sulfide) groups is 1.